The van der Waals surface area contributed by atoms with E-state index >= 15 is 0 Å². The van der Waals surface area contributed by atoms with E-state index in [1.54, 1.807) is 22.9 Å². The number of carbonyl (C=O) groups is 1. The summed E-state index contributed by atoms with van der Waals surface area (Å²) >= 11 is 12.1. The molecule has 0 spiro atoms. The zero-order valence-corrected chi connectivity index (χ0v) is 14.9. The Bertz CT molecular complexity index is 901. The van der Waals surface area contributed by atoms with Gasteiger partial charge in [0.25, 0.3) is 0 Å². The van der Waals surface area contributed by atoms with Crippen molar-refractivity contribution in [3.8, 4) is 0 Å². The molecular formula is C19H16Cl2N2O. The molecular weight excluding hydrogens is 343 g/mol. The number of benzene rings is 2. The van der Waals surface area contributed by atoms with E-state index in [-0.39, 0.29) is 5.78 Å². The van der Waals surface area contributed by atoms with Crippen molar-refractivity contribution in [3.63, 3.8) is 0 Å². The Hall–Kier alpha value is -2.10. The molecule has 2 aromatic carbocycles. The van der Waals surface area contributed by atoms with Gasteiger partial charge in [0.2, 0.25) is 0 Å². The van der Waals surface area contributed by atoms with Gasteiger partial charge in [0.15, 0.2) is 5.78 Å². The third-order valence-corrected chi connectivity index (χ3v) is 4.51. The van der Waals surface area contributed by atoms with Crippen LogP contribution in [0, 0.1) is 6.92 Å². The summed E-state index contributed by atoms with van der Waals surface area (Å²) in [5, 5.41) is 5.28. The van der Waals surface area contributed by atoms with Crippen molar-refractivity contribution >= 4 is 29.0 Å². The fourth-order valence-corrected chi connectivity index (χ4v) is 3.30. The highest BCUT2D eigenvalue weighted by Crippen LogP contribution is 2.27. The van der Waals surface area contributed by atoms with Gasteiger partial charge in [-0.3, -0.25) is 9.48 Å². The average molecular weight is 359 g/mol. The van der Waals surface area contributed by atoms with Crippen molar-refractivity contribution in [1.29, 1.82) is 0 Å². The molecule has 0 amide bonds. The highest BCUT2D eigenvalue weighted by atomic mass is 35.5. The van der Waals surface area contributed by atoms with Crippen molar-refractivity contribution in [3.05, 3.63) is 86.7 Å². The van der Waals surface area contributed by atoms with Crippen molar-refractivity contribution < 1.29 is 4.79 Å². The predicted molar refractivity (Wildman–Crippen MR) is 97.1 cm³/mol. The van der Waals surface area contributed by atoms with Crippen LogP contribution in [0.3, 0.4) is 0 Å². The SMILES string of the molecule is Cc1nn(C)c(Cc2ccccc2)c1C(=O)c1ccc(Cl)cc1Cl. The average Bonchev–Trinajstić information content (AvgIpc) is 2.81. The molecule has 0 unspecified atom stereocenters. The Labute approximate surface area is 150 Å². The fraction of sp³-hybridized carbons (Fsp3) is 0.158. The van der Waals surface area contributed by atoms with Crippen LogP contribution in [0.5, 0.6) is 0 Å². The molecule has 0 aliphatic rings. The second-order valence-electron chi connectivity index (χ2n) is 5.65. The van der Waals surface area contributed by atoms with Crippen LogP contribution in [0.2, 0.25) is 10.0 Å². The molecule has 3 nitrogen and oxygen atoms in total. The fourth-order valence-electron chi connectivity index (χ4n) is 2.80. The number of halogens is 2. The summed E-state index contributed by atoms with van der Waals surface area (Å²) in [4.78, 5) is 13.0. The van der Waals surface area contributed by atoms with Crippen LogP contribution in [-0.2, 0) is 13.5 Å². The van der Waals surface area contributed by atoms with E-state index in [0.29, 0.717) is 33.3 Å². The van der Waals surface area contributed by atoms with Gasteiger partial charge in [0.1, 0.15) is 0 Å². The minimum absolute atomic E-state index is 0.131. The lowest BCUT2D eigenvalue weighted by Crippen LogP contribution is -2.09. The predicted octanol–water partition coefficient (Wildman–Crippen LogP) is 4.86. The molecule has 1 heterocycles. The largest absolute Gasteiger partial charge is 0.288 e. The molecule has 0 radical (unpaired) electrons. The molecule has 3 aromatic rings. The minimum atomic E-state index is -0.131. The van der Waals surface area contributed by atoms with Crippen molar-refractivity contribution in [2.45, 2.75) is 13.3 Å². The third kappa shape index (κ3) is 3.23. The number of aromatic nitrogens is 2. The topological polar surface area (TPSA) is 34.9 Å². The molecule has 0 saturated carbocycles. The number of hydrogen-bond donors (Lipinski definition) is 0. The smallest absolute Gasteiger partial charge is 0.198 e. The molecule has 0 fully saturated rings. The van der Waals surface area contributed by atoms with E-state index in [2.05, 4.69) is 5.10 Å². The first-order valence-electron chi connectivity index (χ1n) is 7.53. The number of hydrogen-bond acceptors (Lipinski definition) is 2. The lowest BCUT2D eigenvalue weighted by atomic mass is 9.98. The molecule has 1 aromatic heterocycles. The summed E-state index contributed by atoms with van der Waals surface area (Å²) in [5.41, 5.74) is 3.72. The van der Waals surface area contributed by atoms with Crippen LogP contribution in [0.1, 0.15) is 32.9 Å². The van der Waals surface area contributed by atoms with Gasteiger partial charge >= 0.3 is 0 Å². The Morgan fingerprint density at radius 1 is 1.12 bits per heavy atom. The zero-order valence-electron chi connectivity index (χ0n) is 13.4. The second-order valence-corrected chi connectivity index (χ2v) is 6.49. The molecule has 0 N–H and O–H groups in total. The van der Waals surface area contributed by atoms with Gasteiger partial charge in [-0.25, -0.2) is 0 Å². The third-order valence-electron chi connectivity index (χ3n) is 3.96. The Balaban J connectivity index is 2.06. The van der Waals surface area contributed by atoms with Gasteiger partial charge < -0.3 is 0 Å². The molecule has 122 valence electrons. The molecule has 0 aliphatic heterocycles. The van der Waals surface area contributed by atoms with Gasteiger partial charge in [-0.1, -0.05) is 53.5 Å². The summed E-state index contributed by atoms with van der Waals surface area (Å²) in [6.07, 6.45) is 0.629. The summed E-state index contributed by atoms with van der Waals surface area (Å²) in [7, 11) is 1.85. The molecule has 0 aliphatic carbocycles. The summed E-state index contributed by atoms with van der Waals surface area (Å²) < 4.78 is 1.76. The Morgan fingerprint density at radius 2 is 1.83 bits per heavy atom. The number of nitrogens with zero attached hydrogens (tertiary/aromatic N) is 2. The molecule has 5 heteroatoms. The number of carbonyl (C=O) groups excluding carboxylic acids is 1. The lowest BCUT2D eigenvalue weighted by molar-refractivity contribution is 0.103. The standard InChI is InChI=1S/C19H16Cl2N2O/c1-12-18(19(24)15-9-8-14(20)11-16(15)21)17(23(2)22-12)10-13-6-4-3-5-7-13/h3-9,11H,10H2,1-2H3. The first-order chi connectivity index (χ1) is 11.5. The van der Waals surface area contributed by atoms with Crippen LogP contribution in [0.4, 0.5) is 0 Å². The lowest BCUT2D eigenvalue weighted by Gasteiger charge is -2.08. The van der Waals surface area contributed by atoms with Crippen molar-refractivity contribution in [2.75, 3.05) is 0 Å². The summed E-state index contributed by atoms with van der Waals surface area (Å²) in [6, 6.07) is 14.9. The summed E-state index contributed by atoms with van der Waals surface area (Å²) in [5.74, 6) is -0.131. The highest BCUT2D eigenvalue weighted by Gasteiger charge is 2.23. The molecule has 3 rings (SSSR count). The van der Waals surface area contributed by atoms with Crippen LogP contribution < -0.4 is 0 Å². The van der Waals surface area contributed by atoms with Gasteiger partial charge in [-0.2, -0.15) is 5.10 Å². The van der Waals surface area contributed by atoms with Crippen LogP contribution in [0.15, 0.2) is 48.5 Å². The molecule has 0 bridgehead atoms. The number of ketones is 1. The van der Waals surface area contributed by atoms with Crippen LogP contribution in [-0.4, -0.2) is 15.6 Å². The zero-order chi connectivity index (χ0) is 17.3. The monoisotopic (exact) mass is 358 g/mol. The number of aryl methyl sites for hydroxylation is 2. The highest BCUT2D eigenvalue weighted by molar-refractivity contribution is 6.37. The van der Waals surface area contributed by atoms with Gasteiger partial charge in [-0.15, -0.1) is 0 Å². The molecule has 24 heavy (non-hydrogen) atoms. The maximum Gasteiger partial charge on any atom is 0.198 e. The van der Waals surface area contributed by atoms with E-state index in [1.807, 2.05) is 44.3 Å². The normalized spacial score (nSPS) is 10.8. The van der Waals surface area contributed by atoms with Gasteiger partial charge in [-0.05, 0) is 30.7 Å². The number of rotatable bonds is 4. The van der Waals surface area contributed by atoms with E-state index in [0.717, 1.165) is 11.3 Å². The van der Waals surface area contributed by atoms with Crippen LogP contribution in [0.25, 0.3) is 0 Å². The van der Waals surface area contributed by atoms with E-state index in [9.17, 15) is 4.79 Å². The van der Waals surface area contributed by atoms with Crippen molar-refractivity contribution in [1.82, 2.24) is 9.78 Å². The van der Waals surface area contributed by atoms with E-state index in [4.69, 9.17) is 23.2 Å². The quantitative estimate of drug-likeness (QED) is 0.624. The van der Waals surface area contributed by atoms with Gasteiger partial charge in [0.05, 0.1) is 22.0 Å². The first kappa shape index (κ1) is 16.7. The Kier molecular flexibility index (Phi) is 4.74. The summed E-state index contributed by atoms with van der Waals surface area (Å²) in [6.45, 7) is 1.84. The molecule has 0 saturated heterocycles. The van der Waals surface area contributed by atoms with Gasteiger partial charge in [0, 0.05) is 24.1 Å². The Morgan fingerprint density at radius 3 is 2.50 bits per heavy atom. The van der Waals surface area contributed by atoms with Crippen LogP contribution >= 0.6 is 23.2 Å². The maximum absolute atomic E-state index is 13.0. The van der Waals surface area contributed by atoms with E-state index < -0.39 is 0 Å². The van der Waals surface area contributed by atoms with E-state index in [1.165, 1.54) is 0 Å². The molecule has 0 atom stereocenters. The maximum atomic E-state index is 13.0. The second kappa shape index (κ2) is 6.80. The van der Waals surface area contributed by atoms with Crippen molar-refractivity contribution in [2.24, 2.45) is 7.05 Å². The minimum Gasteiger partial charge on any atom is -0.288 e. The first-order valence-corrected chi connectivity index (χ1v) is 8.29.